The number of rotatable bonds is 7. The summed E-state index contributed by atoms with van der Waals surface area (Å²) < 4.78 is 15.5. The minimum atomic E-state index is -0.520. The normalized spacial score (nSPS) is 14.7. The summed E-state index contributed by atoms with van der Waals surface area (Å²) in [5, 5.41) is 0.735. The van der Waals surface area contributed by atoms with E-state index in [0.29, 0.717) is 12.3 Å². The number of ether oxygens (including phenoxy) is 2. The van der Waals surface area contributed by atoms with Gasteiger partial charge in [-0.3, -0.25) is 4.79 Å². The molecule has 1 saturated heterocycles. The van der Waals surface area contributed by atoms with Crippen molar-refractivity contribution in [3.8, 4) is 5.75 Å². The molecule has 1 aliphatic rings. The molecule has 1 N–H and O–H groups in total. The van der Waals surface area contributed by atoms with Gasteiger partial charge in [-0.25, -0.2) is 4.79 Å². The number of nitrogens with one attached hydrogen (secondary N) is 1. The Hall–Kier alpha value is -2.51. The van der Waals surface area contributed by atoms with Crippen LogP contribution in [0.5, 0.6) is 5.75 Å². The van der Waals surface area contributed by atoms with Gasteiger partial charge in [0.25, 0.3) is 0 Å². The van der Waals surface area contributed by atoms with Crippen molar-refractivity contribution >= 4 is 23.3 Å². The number of quaternary nitrogens is 1. The highest BCUT2D eigenvalue weighted by atomic mass is 35.5. The summed E-state index contributed by atoms with van der Waals surface area (Å²) in [6.07, 6.45) is 1.26. The summed E-state index contributed by atoms with van der Waals surface area (Å²) in [6, 6.07) is 9.29. The highest BCUT2D eigenvalue weighted by molar-refractivity contribution is 6.30. The predicted octanol–water partition coefficient (Wildman–Crippen LogP) is 1.14. The van der Waals surface area contributed by atoms with Crippen LogP contribution in [0.25, 0.3) is 0 Å². The second-order valence-corrected chi connectivity index (χ2v) is 7.00. The molecule has 7 nitrogen and oxygen atoms in total. The first kappa shape index (κ1) is 20.2. The van der Waals surface area contributed by atoms with E-state index in [4.69, 9.17) is 25.5 Å². The summed E-state index contributed by atoms with van der Waals surface area (Å²) >= 11 is 6.07. The van der Waals surface area contributed by atoms with E-state index in [1.165, 1.54) is 17.2 Å². The van der Waals surface area contributed by atoms with Crippen molar-refractivity contribution in [1.29, 1.82) is 0 Å². The minimum Gasteiger partial charge on any atom is -0.475 e. The van der Waals surface area contributed by atoms with Crippen molar-refractivity contribution in [1.82, 2.24) is 0 Å². The van der Waals surface area contributed by atoms with Crippen LogP contribution in [0.4, 0.5) is 5.69 Å². The SMILES string of the molecule is CCOC(=O)COc1coc(C[NH+]2CCN(c3cccc(Cl)c3)CC2)cc1=O. The third kappa shape index (κ3) is 5.50. The molecule has 2 heterocycles. The number of hydrogen-bond donors (Lipinski definition) is 1. The van der Waals surface area contributed by atoms with Crippen molar-refractivity contribution in [2.75, 3.05) is 44.3 Å². The molecule has 0 amide bonds. The molecule has 3 rings (SSSR count). The minimum absolute atomic E-state index is 0.0116. The van der Waals surface area contributed by atoms with E-state index in [2.05, 4.69) is 11.0 Å². The lowest BCUT2D eigenvalue weighted by atomic mass is 10.2. The van der Waals surface area contributed by atoms with E-state index in [-0.39, 0.29) is 24.4 Å². The van der Waals surface area contributed by atoms with E-state index < -0.39 is 5.97 Å². The highest BCUT2D eigenvalue weighted by Crippen LogP contribution is 2.19. The van der Waals surface area contributed by atoms with Crippen LogP contribution in [0.1, 0.15) is 12.7 Å². The summed E-state index contributed by atoms with van der Waals surface area (Å²) in [5.41, 5.74) is 0.823. The third-order valence-electron chi connectivity index (χ3n) is 4.57. The van der Waals surface area contributed by atoms with Crippen LogP contribution in [-0.2, 0) is 16.1 Å². The van der Waals surface area contributed by atoms with Gasteiger partial charge < -0.3 is 23.7 Å². The molecule has 0 spiro atoms. The number of esters is 1. The predicted molar refractivity (Wildman–Crippen MR) is 105 cm³/mol. The summed E-state index contributed by atoms with van der Waals surface area (Å²) in [6.45, 7) is 5.95. The molecular weight excluding hydrogens is 384 g/mol. The van der Waals surface area contributed by atoms with Gasteiger partial charge in [0, 0.05) is 16.8 Å². The van der Waals surface area contributed by atoms with Gasteiger partial charge in [-0.2, -0.15) is 0 Å². The van der Waals surface area contributed by atoms with Crippen molar-refractivity contribution in [2.24, 2.45) is 0 Å². The van der Waals surface area contributed by atoms with Crippen molar-refractivity contribution < 1.29 is 23.6 Å². The quantitative estimate of drug-likeness (QED) is 0.694. The average molecular weight is 408 g/mol. The zero-order chi connectivity index (χ0) is 19.9. The number of nitrogens with zero attached hydrogens (tertiary/aromatic N) is 1. The van der Waals surface area contributed by atoms with Crippen molar-refractivity contribution in [3.63, 3.8) is 0 Å². The van der Waals surface area contributed by atoms with Crippen LogP contribution >= 0.6 is 11.6 Å². The van der Waals surface area contributed by atoms with Crippen LogP contribution in [0.3, 0.4) is 0 Å². The summed E-state index contributed by atoms with van der Waals surface area (Å²) in [5.74, 6) is 0.0882. The van der Waals surface area contributed by atoms with Crippen LogP contribution in [-0.4, -0.2) is 45.4 Å². The maximum absolute atomic E-state index is 12.2. The topological polar surface area (TPSA) is 73.4 Å². The number of benzene rings is 1. The molecule has 28 heavy (non-hydrogen) atoms. The Bertz CT molecular complexity index is 862. The van der Waals surface area contributed by atoms with Crippen LogP contribution in [0.2, 0.25) is 5.02 Å². The number of carbonyl (C=O) groups excluding carboxylic acids is 1. The first-order valence-electron chi connectivity index (χ1n) is 9.29. The molecule has 0 aliphatic carbocycles. The summed E-state index contributed by atoms with van der Waals surface area (Å²) in [7, 11) is 0. The molecular formula is C20H24ClN2O5+. The van der Waals surface area contributed by atoms with E-state index in [1.54, 1.807) is 6.92 Å². The average Bonchev–Trinajstić information content (AvgIpc) is 2.68. The molecule has 150 valence electrons. The first-order valence-corrected chi connectivity index (χ1v) is 9.67. The van der Waals surface area contributed by atoms with Crippen molar-refractivity contribution in [3.05, 3.63) is 57.6 Å². The number of piperazine rings is 1. The van der Waals surface area contributed by atoms with E-state index in [0.717, 1.165) is 36.9 Å². The van der Waals surface area contributed by atoms with Gasteiger partial charge in [-0.1, -0.05) is 17.7 Å². The van der Waals surface area contributed by atoms with Crippen LogP contribution in [0.15, 0.2) is 45.8 Å². The Balaban J connectivity index is 1.51. The van der Waals surface area contributed by atoms with E-state index >= 15 is 0 Å². The Morgan fingerprint density at radius 1 is 1.29 bits per heavy atom. The fourth-order valence-electron chi connectivity index (χ4n) is 3.15. The fourth-order valence-corrected chi connectivity index (χ4v) is 3.34. The number of carbonyl (C=O) groups is 1. The van der Waals surface area contributed by atoms with Gasteiger partial charge in [0.15, 0.2) is 12.4 Å². The second-order valence-electron chi connectivity index (χ2n) is 6.56. The van der Waals surface area contributed by atoms with E-state index in [9.17, 15) is 9.59 Å². The zero-order valence-corrected chi connectivity index (χ0v) is 16.5. The molecule has 1 aliphatic heterocycles. The Morgan fingerprint density at radius 3 is 2.75 bits per heavy atom. The van der Waals surface area contributed by atoms with Gasteiger partial charge in [-0.15, -0.1) is 0 Å². The molecule has 1 aromatic carbocycles. The van der Waals surface area contributed by atoms with Gasteiger partial charge in [0.1, 0.15) is 12.8 Å². The maximum atomic E-state index is 12.2. The Kier molecular flexibility index (Phi) is 6.95. The molecule has 8 heteroatoms. The largest absolute Gasteiger partial charge is 0.475 e. The second kappa shape index (κ2) is 9.61. The van der Waals surface area contributed by atoms with Crippen LogP contribution < -0.4 is 20.0 Å². The van der Waals surface area contributed by atoms with Crippen LogP contribution in [0, 0.1) is 0 Å². The molecule has 0 unspecified atom stereocenters. The first-order chi connectivity index (χ1) is 13.5. The smallest absolute Gasteiger partial charge is 0.344 e. The molecule has 1 fully saturated rings. The molecule has 0 bridgehead atoms. The standard InChI is InChI=1S/C20H23ClN2O5/c1-2-26-20(25)14-28-19-13-27-17(11-18(19)24)12-22-6-8-23(9-7-22)16-5-3-4-15(21)10-16/h3-5,10-11,13H,2,6-9,12,14H2,1H3/p+1. The lowest BCUT2D eigenvalue weighted by molar-refractivity contribution is -0.915. The molecule has 0 atom stereocenters. The highest BCUT2D eigenvalue weighted by Gasteiger charge is 2.21. The fraction of sp³-hybridized carbons (Fsp3) is 0.400. The molecule has 0 radical (unpaired) electrons. The lowest BCUT2D eigenvalue weighted by Gasteiger charge is -2.33. The summed E-state index contributed by atoms with van der Waals surface area (Å²) in [4.78, 5) is 27.1. The van der Waals surface area contributed by atoms with E-state index in [1.807, 2.05) is 18.2 Å². The van der Waals surface area contributed by atoms with Gasteiger partial charge in [0.05, 0.1) is 32.8 Å². The maximum Gasteiger partial charge on any atom is 0.344 e. The zero-order valence-electron chi connectivity index (χ0n) is 15.8. The number of halogens is 1. The lowest BCUT2D eigenvalue weighted by Crippen LogP contribution is -3.13. The van der Waals surface area contributed by atoms with Gasteiger partial charge in [-0.05, 0) is 25.1 Å². The van der Waals surface area contributed by atoms with Gasteiger partial charge >= 0.3 is 5.97 Å². The van der Waals surface area contributed by atoms with Gasteiger partial charge in [0.2, 0.25) is 11.2 Å². The number of hydrogen-bond acceptors (Lipinski definition) is 6. The molecule has 1 aromatic heterocycles. The monoisotopic (exact) mass is 407 g/mol. The molecule has 2 aromatic rings. The van der Waals surface area contributed by atoms with Crippen molar-refractivity contribution in [2.45, 2.75) is 13.5 Å². The molecule has 0 saturated carbocycles. The Morgan fingerprint density at radius 2 is 2.07 bits per heavy atom. The Labute approximate surface area is 168 Å². The number of anilines is 1. The third-order valence-corrected chi connectivity index (χ3v) is 4.81.